The van der Waals surface area contributed by atoms with E-state index in [-0.39, 0.29) is 18.4 Å². The Bertz CT molecular complexity index is 1050. The monoisotopic (exact) mass is 409 g/mol. The molecule has 1 unspecified atom stereocenters. The van der Waals surface area contributed by atoms with Crippen molar-refractivity contribution in [3.8, 4) is 11.5 Å². The van der Waals surface area contributed by atoms with Crippen LogP contribution in [0.5, 0.6) is 11.5 Å². The van der Waals surface area contributed by atoms with E-state index in [1.165, 1.54) is 4.90 Å². The second-order valence-corrected chi connectivity index (χ2v) is 7.12. The Kier molecular flexibility index (Phi) is 6.61. The zero-order valence-electron chi connectivity index (χ0n) is 17.5. The van der Waals surface area contributed by atoms with Gasteiger partial charge in [-0.25, -0.2) is 0 Å². The summed E-state index contributed by atoms with van der Waals surface area (Å²) in [5, 5.41) is 4.81. The predicted molar refractivity (Wildman–Crippen MR) is 115 cm³/mol. The number of nitrogens with one attached hydrogen (secondary N) is 2. The number of benzene rings is 1. The Labute approximate surface area is 175 Å². The molecule has 2 N–H and O–H groups in total. The number of allylic oxidation sites excluding steroid dienone is 1. The van der Waals surface area contributed by atoms with Gasteiger partial charge in [-0.15, -0.1) is 0 Å². The first kappa shape index (κ1) is 21.2. The van der Waals surface area contributed by atoms with Crippen LogP contribution in [0, 0.1) is 6.92 Å². The highest BCUT2D eigenvalue weighted by molar-refractivity contribution is 5.94. The third-order valence-corrected chi connectivity index (χ3v) is 5.04. The molecule has 3 heterocycles. The first-order valence-electron chi connectivity index (χ1n) is 9.80. The number of likely N-dealkylation sites (N-methyl/N-ethyl adjacent to an activating group) is 1. The number of hydrogen-bond acceptors (Lipinski definition) is 4. The van der Waals surface area contributed by atoms with Crippen LogP contribution in [0.1, 0.15) is 18.2 Å². The second kappa shape index (κ2) is 9.35. The SMILES string of the molecule is C=C/C=c1/[nH]c(C)c(CC2NC(=O)CN(C)C2=O)/c1=C/C.c1ccc2c(c1)OCO2. The largest absolute Gasteiger partial charge is 0.454 e. The van der Waals surface area contributed by atoms with E-state index in [1.807, 2.05) is 50.3 Å². The van der Waals surface area contributed by atoms with Crippen LogP contribution >= 0.6 is 0 Å². The van der Waals surface area contributed by atoms with Gasteiger partial charge in [-0.1, -0.05) is 30.9 Å². The fourth-order valence-electron chi connectivity index (χ4n) is 3.60. The molecule has 0 bridgehead atoms. The van der Waals surface area contributed by atoms with Crippen molar-refractivity contribution in [2.45, 2.75) is 26.3 Å². The molecule has 4 rings (SSSR count). The van der Waals surface area contributed by atoms with Gasteiger partial charge in [-0.3, -0.25) is 9.59 Å². The molecule has 1 aromatic heterocycles. The van der Waals surface area contributed by atoms with E-state index in [1.54, 1.807) is 13.1 Å². The van der Waals surface area contributed by atoms with Gasteiger partial charge in [-0.2, -0.15) is 0 Å². The van der Waals surface area contributed by atoms with Crippen molar-refractivity contribution in [3.63, 3.8) is 0 Å². The number of para-hydroxylation sites is 2. The molecular formula is C23H27N3O4. The van der Waals surface area contributed by atoms with Crippen molar-refractivity contribution >= 4 is 24.0 Å². The number of hydrogen-bond donors (Lipinski definition) is 2. The lowest BCUT2D eigenvalue weighted by Gasteiger charge is -2.29. The first-order chi connectivity index (χ1) is 14.4. The molecular weight excluding hydrogens is 382 g/mol. The van der Waals surface area contributed by atoms with Crippen LogP contribution in [0.2, 0.25) is 0 Å². The van der Waals surface area contributed by atoms with Crippen LogP contribution in [0.25, 0.3) is 12.2 Å². The molecule has 0 spiro atoms. The van der Waals surface area contributed by atoms with Gasteiger partial charge in [0.1, 0.15) is 6.04 Å². The molecule has 7 nitrogen and oxygen atoms in total. The minimum Gasteiger partial charge on any atom is -0.454 e. The van der Waals surface area contributed by atoms with E-state index in [9.17, 15) is 9.59 Å². The second-order valence-electron chi connectivity index (χ2n) is 7.12. The van der Waals surface area contributed by atoms with Crippen molar-refractivity contribution < 1.29 is 19.1 Å². The van der Waals surface area contributed by atoms with E-state index in [0.717, 1.165) is 33.3 Å². The smallest absolute Gasteiger partial charge is 0.245 e. The molecule has 0 saturated carbocycles. The summed E-state index contributed by atoms with van der Waals surface area (Å²) in [6, 6.07) is 7.13. The topological polar surface area (TPSA) is 83.7 Å². The average Bonchev–Trinajstić information content (AvgIpc) is 3.31. The van der Waals surface area contributed by atoms with E-state index in [2.05, 4.69) is 16.9 Å². The quantitative estimate of drug-likeness (QED) is 0.793. The minimum absolute atomic E-state index is 0.0495. The zero-order chi connectivity index (χ0) is 21.7. The Morgan fingerprint density at radius 1 is 1.23 bits per heavy atom. The summed E-state index contributed by atoms with van der Waals surface area (Å²) in [7, 11) is 1.65. The van der Waals surface area contributed by atoms with Crippen molar-refractivity contribution in [1.29, 1.82) is 0 Å². The number of aromatic amines is 1. The number of carbonyl (C=O) groups is 2. The lowest BCUT2D eigenvalue weighted by atomic mass is 10.0. The van der Waals surface area contributed by atoms with Gasteiger partial charge in [0, 0.05) is 24.5 Å². The summed E-state index contributed by atoms with van der Waals surface area (Å²) in [4.78, 5) is 28.6. The lowest BCUT2D eigenvalue weighted by Crippen LogP contribution is -2.57. The zero-order valence-corrected chi connectivity index (χ0v) is 17.5. The predicted octanol–water partition coefficient (Wildman–Crippen LogP) is 1.00. The van der Waals surface area contributed by atoms with Crippen molar-refractivity contribution in [2.24, 2.45) is 0 Å². The Morgan fingerprint density at radius 2 is 1.90 bits per heavy atom. The molecule has 2 aromatic rings. The van der Waals surface area contributed by atoms with E-state index < -0.39 is 6.04 Å². The highest BCUT2D eigenvalue weighted by Gasteiger charge is 2.31. The molecule has 1 aromatic carbocycles. The van der Waals surface area contributed by atoms with Crippen LogP contribution in [-0.2, 0) is 16.0 Å². The number of ether oxygens (including phenoxy) is 2. The number of amides is 2. The summed E-state index contributed by atoms with van der Waals surface area (Å²) >= 11 is 0. The van der Waals surface area contributed by atoms with Gasteiger partial charge in [0.15, 0.2) is 11.5 Å². The number of nitrogens with zero attached hydrogens (tertiary/aromatic N) is 1. The van der Waals surface area contributed by atoms with Crippen molar-refractivity contribution in [3.05, 3.63) is 58.7 Å². The van der Waals surface area contributed by atoms with Gasteiger partial charge < -0.3 is 24.7 Å². The summed E-state index contributed by atoms with van der Waals surface area (Å²) < 4.78 is 10.2. The number of aryl methyl sites for hydroxylation is 1. The summed E-state index contributed by atoms with van der Waals surface area (Å²) in [5.74, 6) is 1.52. The number of aromatic nitrogens is 1. The van der Waals surface area contributed by atoms with Crippen molar-refractivity contribution in [1.82, 2.24) is 15.2 Å². The molecule has 7 heteroatoms. The van der Waals surface area contributed by atoms with Gasteiger partial charge in [0.05, 0.1) is 6.54 Å². The highest BCUT2D eigenvalue weighted by Crippen LogP contribution is 2.30. The molecule has 2 amide bonds. The summed E-state index contributed by atoms with van der Waals surface area (Å²) in [6.45, 7) is 8.13. The molecule has 1 atom stereocenters. The Morgan fingerprint density at radius 3 is 2.50 bits per heavy atom. The number of piperazine rings is 1. The van der Waals surface area contributed by atoms with Gasteiger partial charge >= 0.3 is 0 Å². The number of H-pyrrole nitrogens is 1. The molecule has 158 valence electrons. The van der Waals surface area contributed by atoms with Crippen LogP contribution < -0.4 is 25.4 Å². The van der Waals surface area contributed by atoms with E-state index in [0.29, 0.717) is 13.2 Å². The fourth-order valence-corrected chi connectivity index (χ4v) is 3.60. The van der Waals surface area contributed by atoms with Gasteiger partial charge in [0.25, 0.3) is 0 Å². The Hall–Kier alpha value is -3.48. The number of fused-ring (bicyclic) bond motifs is 1. The molecule has 0 radical (unpaired) electrons. The maximum absolute atomic E-state index is 12.2. The summed E-state index contributed by atoms with van der Waals surface area (Å²) in [6.07, 6.45) is 6.12. The number of rotatable bonds is 3. The third kappa shape index (κ3) is 4.56. The average molecular weight is 409 g/mol. The van der Waals surface area contributed by atoms with E-state index >= 15 is 0 Å². The first-order valence-corrected chi connectivity index (χ1v) is 9.80. The molecule has 0 aliphatic carbocycles. The third-order valence-electron chi connectivity index (χ3n) is 5.04. The molecule has 1 fully saturated rings. The summed E-state index contributed by atoms with van der Waals surface area (Å²) in [5.41, 5.74) is 2.06. The maximum atomic E-state index is 12.2. The standard InChI is InChI=1S/C16H21N3O2.C7H6O2/c1-5-7-13-11(6-2)12(10(3)17-13)8-14-16(21)19(4)9-15(20)18-14;1-2-4-7-6(3-1)8-5-9-7/h5-7,14,17H,1,8-9H2,2-4H3,(H,18,20);1-4H,5H2/b11-6-,13-7+;. The van der Waals surface area contributed by atoms with E-state index in [4.69, 9.17) is 9.47 Å². The fraction of sp³-hybridized carbons (Fsp3) is 0.304. The molecule has 1 saturated heterocycles. The molecule has 30 heavy (non-hydrogen) atoms. The van der Waals surface area contributed by atoms with Crippen LogP contribution in [0.4, 0.5) is 0 Å². The van der Waals surface area contributed by atoms with Gasteiger partial charge in [-0.05, 0) is 42.8 Å². The van der Waals surface area contributed by atoms with Crippen LogP contribution in [-0.4, -0.2) is 48.1 Å². The lowest BCUT2D eigenvalue weighted by molar-refractivity contribution is -0.142. The van der Waals surface area contributed by atoms with Gasteiger partial charge in [0.2, 0.25) is 18.6 Å². The van der Waals surface area contributed by atoms with Crippen LogP contribution in [0.3, 0.4) is 0 Å². The normalized spacial score (nSPS) is 18.8. The minimum atomic E-state index is -0.499. The Balaban J connectivity index is 0.000000234. The number of carbonyl (C=O) groups excluding carboxylic acids is 2. The highest BCUT2D eigenvalue weighted by atomic mass is 16.7. The molecule has 2 aliphatic rings. The van der Waals surface area contributed by atoms with Crippen molar-refractivity contribution in [2.75, 3.05) is 20.4 Å². The molecule has 2 aliphatic heterocycles. The van der Waals surface area contributed by atoms with Crippen LogP contribution in [0.15, 0.2) is 36.9 Å². The maximum Gasteiger partial charge on any atom is 0.245 e.